The lowest BCUT2D eigenvalue weighted by molar-refractivity contribution is -0.120. The largest absolute Gasteiger partial charge is 0.445 e. The smallest absolute Gasteiger partial charge is 0.227 e. The normalized spacial score (nSPS) is 10.5. The summed E-state index contributed by atoms with van der Waals surface area (Å²) in [6.45, 7) is 4.00. The third-order valence-electron chi connectivity index (χ3n) is 2.75. The monoisotopic (exact) mass is 278 g/mol. The standard InChI is InChI=1S/C14H15ClN2O2/c1-9-13(19-10(2)17-9)7-14(18)16-8-11-5-3-4-6-12(11)15/h3-6H,7-8H2,1-2H3,(H,16,18). The van der Waals surface area contributed by atoms with E-state index in [2.05, 4.69) is 10.3 Å². The van der Waals surface area contributed by atoms with Gasteiger partial charge in [-0.15, -0.1) is 0 Å². The molecule has 0 saturated carbocycles. The van der Waals surface area contributed by atoms with Gasteiger partial charge < -0.3 is 9.73 Å². The molecule has 0 spiro atoms. The Morgan fingerprint density at radius 1 is 1.37 bits per heavy atom. The molecular weight excluding hydrogens is 264 g/mol. The second-order valence-electron chi connectivity index (χ2n) is 4.29. The van der Waals surface area contributed by atoms with Crippen LogP contribution in [-0.2, 0) is 17.8 Å². The van der Waals surface area contributed by atoms with Gasteiger partial charge >= 0.3 is 0 Å². The van der Waals surface area contributed by atoms with Crippen molar-refractivity contribution in [3.63, 3.8) is 0 Å². The highest BCUT2D eigenvalue weighted by atomic mass is 35.5. The van der Waals surface area contributed by atoms with Crippen LogP contribution >= 0.6 is 11.6 Å². The highest BCUT2D eigenvalue weighted by Gasteiger charge is 2.11. The number of halogens is 1. The lowest BCUT2D eigenvalue weighted by atomic mass is 10.2. The van der Waals surface area contributed by atoms with Crippen molar-refractivity contribution in [2.75, 3.05) is 0 Å². The van der Waals surface area contributed by atoms with Crippen LogP contribution in [0.1, 0.15) is 22.9 Å². The molecule has 2 aromatic rings. The highest BCUT2D eigenvalue weighted by molar-refractivity contribution is 6.31. The van der Waals surface area contributed by atoms with E-state index in [0.29, 0.717) is 23.2 Å². The van der Waals surface area contributed by atoms with Crippen LogP contribution < -0.4 is 5.32 Å². The molecule has 0 saturated heterocycles. The highest BCUT2D eigenvalue weighted by Crippen LogP contribution is 2.14. The van der Waals surface area contributed by atoms with Crippen molar-refractivity contribution in [3.8, 4) is 0 Å². The number of aromatic nitrogens is 1. The van der Waals surface area contributed by atoms with Crippen LogP contribution in [0.15, 0.2) is 28.7 Å². The third kappa shape index (κ3) is 3.58. The SMILES string of the molecule is Cc1nc(C)c(CC(=O)NCc2ccccc2Cl)o1. The number of hydrogen-bond donors (Lipinski definition) is 1. The number of benzene rings is 1. The van der Waals surface area contributed by atoms with Crippen molar-refractivity contribution in [2.24, 2.45) is 0 Å². The summed E-state index contributed by atoms with van der Waals surface area (Å²) in [7, 11) is 0. The van der Waals surface area contributed by atoms with Crippen LogP contribution in [-0.4, -0.2) is 10.9 Å². The molecular formula is C14H15ClN2O2. The zero-order valence-corrected chi connectivity index (χ0v) is 11.6. The molecule has 0 unspecified atom stereocenters. The number of hydrogen-bond acceptors (Lipinski definition) is 3. The molecule has 100 valence electrons. The first-order chi connectivity index (χ1) is 9.06. The molecule has 1 aromatic heterocycles. The Balaban J connectivity index is 1.92. The molecule has 1 N–H and O–H groups in total. The Morgan fingerprint density at radius 3 is 2.74 bits per heavy atom. The Hall–Kier alpha value is -1.81. The molecule has 0 bridgehead atoms. The van der Waals surface area contributed by atoms with E-state index in [-0.39, 0.29) is 12.3 Å². The van der Waals surface area contributed by atoms with Crippen molar-refractivity contribution in [1.82, 2.24) is 10.3 Å². The lowest BCUT2D eigenvalue weighted by Gasteiger charge is -2.06. The van der Waals surface area contributed by atoms with Crippen molar-refractivity contribution in [1.29, 1.82) is 0 Å². The van der Waals surface area contributed by atoms with Gasteiger partial charge in [-0.05, 0) is 18.6 Å². The molecule has 5 heteroatoms. The molecule has 0 aliphatic heterocycles. The van der Waals surface area contributed by atoms with E-state index >= 15 is 0 Å². The van der Waals surface area contributed by atoms with Crippen LogP contribution in [0.5, 0.6) is 0 Å². The minimum atomic E-state index is -0.112. The zero-order chi connectivity index (χ0) is 13.8. The fourth-order valence-electron chi connectivity index (χ4n) is 1.78. The molecule has 4 nitrogen and oxygen atoms in total. The second kappa shape index (κ2) is 5.89. The fraction of sp³-hybridized carbons (Fsp3) is 0.286. The van der Waals surface area contributed by atoms with Gasteiger partial charge in [0.15, 0.2) is 5.89 Å². The van der Waals surface area contributed by atoms with Gasteiger partial charge in [-0.1, -0.05) is 29.8 Å². The molecule has 1 amide bonds. The topological polar surface area (TPSA) is 55.1 Å². The molecule has 1 aromatic carbocycles. The van der Waals surface area contributed by atoms with Crippen molar-refractivity contribution in [2.45, 2.75) is 26.8 Å². The molecule has 1 heterocycles. The molecule has 2 rings (SSSR count). The van der Waals surface area contributed by atoms with Crippen molar-refractivity contribution in [3.05, 3.63) is 52.2 Å². The maximum atomic E-state index is 11.8. The van der Waals surface area contributed by atoms with Gasteiger partial charge in [-0.25, -0.2) is 4.98 Å². The fourth-order valence-corrected chi connectivity index (χ4v) is 1.98. The summed E-state index contributed by atoms with van der Waals surface area (Å²) in [6.07, 6.45) is 0.192. The Morgan fingerprint density at radius 2 is 2.11 bits per heavy atom. The number of nitrogens with zero attached hydrogens (tertiary/aromatic N) is 1. The molecule has 0 fully saturated rings. The van der Waals surface area contributed by atoms with E-state index < -0.39 is 0 Å². The molecule has 0 atom stereocenters. The molecule has 0 aliphatic rings. The number of carbonyl (C=O) groups excluding carboxylic acids is 1. The van der Waals surface area contributed by atoms with Gasteiger partial charge in [0.2, 0.25) is 5.91 Å². The summed E-state index contributed by atoms with van der Waals surface area (Å²) >= 11 is 6.02. The quantitative estimate of drug-likeness (QED) is 0.936. The number of carbonyl (C=O) groups is 1. The first kappa shape index (κ1) is 13.6. The summed E-state index contributed by atoms with van der Waals surface area (Å²) in [5, 5.41) is 3.46. The van der Waals surface area contributed by atoms with Crippen molar-refractivity contribution < 1.29 is 9.21 Å². The summed E-state index contributed by atoms with van der Waals surface area (Å²) in [4.78, 5) is 15.9. The van der Waals surface area contributed by atoms with Crippen LogP contribution in [0, 0.1) is 13.8 Å². The van der Waals surface area contributed by atoms with Gasteiger partial charge in [0.05, 0.1) is 12.1 Å². The maximum Gasteiger partial charge on any atom is 0.227 e. The number of oxazole rings is 1. The van der Waals surface area contributed by atoms with E-state index in [1.807, 2.05) is 25.1 Å². The van der Waals surface area contributed by atoms with Gasteiger partial charge in [0, 0.05) is 18.5 Å². The van der Waals surface area contributed by atoms with Crippen LogP contribution in [0.4, 0.5) is 0 Å². The van der Waals surface area contributed by atoms with E-state index in [4.69, 9.17) is 16.0 Å². The van der Waals surface area contributed by atoms with Crippen LogP contribution in [0.2, 0.25) is 5.02 Å². The number of amides is 1. The van der Waals surface area contributed by atoms with Gasteiger partial charge in [0.25, 0.3) is 0 Å². The minimum absolute atomic E-state index is 0.112. The van der Waals surface area contributed by atoms with E-state index in [9.17, 15) is 4.79 Å². The van der Waals surface area contributed by atoms with E-state index in [1.54, 1.807) is 13.0 Å². The van der Waals surface area contributed by atoms with Crippen molar-refractivity contribution >= 4 is 17.5 Å². The summed E-state index contributed by atoms with van der Waals surface area (Å²) in [5.74, 6) is 1.07. The Labute approximate surface area is 116 Å². The molecule has 19 heavy (non-hydrogen) atoms. The number of aryl methyl sites for hydroxylation is 2. The van der Waals surface area contributed by atoms with Gasteiger partial charge in [-0.2, -0.15) is 0 Å². The average Bonchev–Trinajstić information content (AvgIpc) is 2.67. The Bertz CT molecular complexity index is 593. The Kier molecular flexibility index (Phi) is 4.22. The predicted octanol–water partition coefficient (Wildman–Crippen LogP) is 2.80. The maximum absolute atomic E-state index is 11.8. The predicted molar refractivity (Wildman–Crippen MR) is 73.0 cm³/mol. The average molecular weight is 279 g/mol. The second-order valence-corrected chi connectivity index (χ2v) is 4.69. The summed E-state index contributed by atoms with van der Waals surface area (Å²) < 4.78 is 5.36. The first-order valence-electron chi connectivity index (χ1n) is 5.99. The van der Waals surface area contributed by atoms with Crippen LogP contribution in [0.3, 0.4) is 0 Å². The van der Waals surface area contributed by atoms with E-state index in [0.717, 1.165) is 11.3 Å². The summed E-state index contributed by atoms with van der Waals surface area (Å²) in [5.41, 5.74) is 1.65. The first-order valence-corrected chi connectivity index (χ1v) is 6.37. The molecule has 0 radical (unpaired) electrons. The van der Waals surface area contributed by atoms with Crippen LogP contribution in [0.25, 0.3) is 0 Å². The number of rotatable bonds is 4. The third-order valence-corrected chi connectivity index (χ3v) is 3.12. The zero-order valence-electron chi connectivity index (χ0n) is 10.9. The summed E-state index contributed by atoms with van der Waals surface area (Å²) in [6, 6.07) is 7.42. The number of nitrogens with one attached hydrogen (secondary N) is 1. The van der Waals surface area contributed by atoms with E-state index in [1.165, 1.54) is 0 Å². The minimum Gasteiger partial charge on any atom is -0.445 e. The van der Waals surface area contributed by atoms with Gasteiger partial charge in [-0.3, -0.25) is 4.79 Å². The van der Waals surface area contributed by atoms with Gasteiger partial charge in [0.1, 0.15) is 5.76 Å². The lowest BCUT2D eigenvalue weighted by Crippen LogP contribution is -2.24. The molecule has 0 aliphatic carbocycles.